The molecule has 2 N–H and O–H groups in total. The van der Waals surface area contributed by atoms with E-state index in [0.717, 1.165) is 18.8 Å². The Morgan fingerprint density at radius 1 is 1.25 bits per heavy atom. The van der Waals surface area contributed by atoms with Crippen molar-refractivity contribution in [2.24, 2.45) is 0 Å². The van der Waals surface area contributed by atoms with Crippen molar-refractivity contribution in [2.45, 2.75) is 39.3 Å². The van der Waals surface area contributed by atoms with E-state index in [1.165, 1.54) is 38.4 Å². The summed E-state index contributed by atoms with van der Waals surface area (Å²) in [6, 6.07) is 8.68. The van der Waals surface area contributed by atoms with E-state index in [1.54, 1.807) is 0 Å². The lowest BCUT2D eigenvalue weighted by Gasteiger charge is -2.31. The molecule has 1 aliphatic heterocycles. The lowest BCUT2D eigenvalue weighted by molar-refractivity contribution is -0.114. The summed E-state index contributed by atoms with van der Waals surface area (Å²) in [5.74, 6) is -0.0291. The molecule has 4 nitrogen and oxygen atoms in total. The first-order valence-corrected chi connectivity index (χ1v) is 7.49. The zero-order valence-electron chi connectivity index (χ0n) is 12.5. The largest absolute Gasteiger partial charge is 0.326 e. The Labute approximate surface area is 121 Å². The summed E-state index contributed by atoms with van der Waals surface area (Å²) in [6.07, 6.45) is 2.47. The summed E-state index contributed by atoms with van der Waals surface area (Å²) >= 11 is 0. The van der Waals surface area contributed by atoms with Crippen LogP contribution in [0.15, 0.2) is 24.3 Å². The van der Waals surface area contributed by atoms with Crippen molar-refractivity contribution in [3.05, 3.63) is 29.8 Å². The van der Waals surface area contributed by atoms with E-state index in [-0.39, 0.29) is 5.91 Å². The maximum atomic E-state index is 11.0. The summed E-state index contributed by atoms with van der Waals surface area (Å²) in [7, 11) is 0. The minimum absolute atomic E-state index is 0.0291. The number of hydrogen-bond acceptors (Lipinski definition) is 3. The highest BCUT2D eigenvalue weighted by molar-refractivity contribution is 5.88. The fraction of sp³-hybridized carbons (Fsp3) is 0.562. The summed E-state index contributed by atoms with van der Waals surface area (Å²) in [4.78, 5) is 13.5. The van der Waals surface area contributed by atoms with Crippen LogP contribution in [0.5, 0.6) is 0 Å². The molecule has 0 atom stereocenters. The third-order valence-corrected chi connectivity index (χ3v) is 3.90. The van der Waals surface area contributed by atoms with Crippen LogP contribution < -0.4 is 10.6 Å². The second kappa shape index (κ2) is 7.41. The second-order valence-corrected chi connectivity index (χ2v) is 5.47. The predicted molar refractivity (Wildman–Crippen MR) is 82.7 cm³/mol. The van der Waals surface area contributed by atoms with Gasteiger partial charge in [0.2, 0.25) is 5.91 Å². The Bertz CT molecular complexity index is 422. The van der Waals surface area contributed by atoms with E-state index < -0.39 is 0 Å². The number of benzene rings is 1. The fourth-order valence-electron chi connectivity index (χ4n) is 2.62. The number of anilines is 1. The fourth-order valence-corrected chi connectivity index (χ4v) is 2.62. The molecule has 0 aliphatic carbocycles. The number of rotatable bonds is 5. The molecule has 1 saturated heterocycles. The van der Waals surface area contributed by atoms with Crippen molar-refractivity contribution in [1.29, 1.82) is 0 Å². The van der Waals surface area contributed by atoms with Gasteiger partial charge in [-0.3, -0.25) is 4.79 Å². The number of nitrogens with zero attached hydrogens (tertiary/aromatic N) is 1. The molecule has 4 heteroatoms. The van der Waals surface area contributed by atoms with Crippen LogP contribution in [0.25, 0.3) is 0 Å². The number of piperidine rings is 1. The highest BCUT2D eigenvalue weighted by atomic mass is 16.1. The van der Waals surface area contributed by atoms with Crippen LogP contribution in [0.2, 0.25) is 0 Å². The van der Waals surface area contributed by atoms with Crippen molar-refractivity contribution >= 4 is 11.6 Å². The molecule has 0 unspecified atom stereocenters. The topological polar surface area (TPSA) is 44.4 Å². The first-order chi connectivity index (χ1) is 9.67. The van der Waals surface area contributed by atoms with Gasteiger partial charge in [-0.25, -0.2) is 0 Å². The van der Waals surface area contributed by atoms with E-state index in [4.69, 9.17) is 0 Å². The van der Waals surface area contributed by atoms with E-state index in [0.29, 0.717) is 6.04 Å². The molecular formula is C16H25N3O. The summed E-state index contributed by atoms with van der Waals surface area (Å²) in [5, 5.41) is 6.41. The quantitative estimate of drug-likeness (QED) is 0.866. The van der Waals surface area contributed by atoms with Crippen LogP contribution in [0, 0.1) is 0 Å². The van der Waals surface area contributed by atoms with Gasteiger partial charge in [-0.2, -0.15) is 0 Å². The molecule has 2 rings (SSSR count). The van der Waals surface area contributed by atoms with Gasteiger partial charge in [0.25, 0.3) is 0 Å². The van der Waals surface area contributed by atoms with Gasteiger partial charge >= 0.3 is 0 Å². The van der Waals surface area contributed by atoms with Crippen LogP contribution in [-0.2, 0) is 11.3 Å². The monoisotopic (exact) mass is 275 g/mol. The smallest absolute Gasteiger partial charge is 0.221 e. The van der Waals surface area contributed by atoms with Gasteiger partial charge in [-0.15, -0.1) is 0 Å². The van der Waals surface area contributed by atoms with Gasteiger partial charge in [0.05, 0.1) is 0 Å². The zero-order valence-corrected chi connectivity index (χ0v) is 12.5. The van der Waals surface area contributed by atoms with Crippen LogP contribution >= 0.6 is 0 Å². The van der Waals surface area contributed by atoms with Gasteiger partial charge in [0, 0.05) is 25.2 Å². The summed E-state index contributed by atoms with van der Waals surface area (Å²) < 4.78 is 0. The molecule has 1 aliphatic rings. The van der Waals surface area contributed by atoms with Gasteiger partial charge < -0.3 is 15.5 Å². The number of likely N-dealkylation sites (tertiary alicyclic amines) is 1. The SMILES string of the molecule is CCN1CCC(NCc2ccc(NC(C)=O)cc2)CC1. The molecule has 1 aromatic carbocycles. The Balaban J connectivity index is 1.75. The van der Waals surface area contributed by atoms with Crippen molar-refractivity contribution < 1.29 is 4.79 Å². The molecule has 0 aromatic heterocycles. The molecule has 0 spiro atoms. The van der Waals surface area contributed by atoms with Crippen molar-refractivity contribution in [2.75, 3.05) is 25.0 Å². The molecule has 1 aromatic rings. The summed E-state index contributed by atoms with van der Waals surface area (Å²) in [6.45, 7) is 8.22. The molecule has 1 fully saturated rings. The van der Waals surface area contributed by atoms with E-state index in [1.807, 2.05) is 12.1 Å². The number of amides is 1. The highest BCUT2D eigenvalue weighted by Gasteiger charge is 2.17. The van der Waals surface area contributed by atoms with Gasteiger partial charge in [-0.1, -0.05) is 19.1 Å². The Hall–Kier alpha value is -1.39. The Morgan fingerprint density at radius 2 is 1.90 bits per heavy atom. The Kier molecular flexibility index (Phi) is 5.56. The number of hydrogen-bond donors (Lipinski definition) is 2. The van der Waals surface area contributed by atoms with Crippen molar-refractivity contribution in [3.8, 4) is 0 Å². The Morgan fingerprint density at radius 3 is 2.45 bits per heavy atom. The molecule has 1 amide bonds. The van der Waals surface area contributed by atoms with Crippen LogP contribution in [0.4, 0.5) is 5.69 Å². The van der Waals surface area contributed by atoms with E-state index in [2.05, 4.69) is 34.6 Å². The molecular weight excluding hydrogens is 250 g/mol. The average Bonchev–Trinajstić information content (AvgIpc) is 2.46. The molecule has 1 heterocycles. The third-order valence-electron chi connectivity index (χ3n) is 3.90. The normalized spacial score (nSPS) is 17.1. The van der Waals surface area contributed by atoms with Gasteiger partial charge in [0.1, 0.15) is 0 Å². The lowest BCUT2D eigenvalue weighted by atomic mass is 10.0. The predicted octanol–water partition coefficient (Wildman–Crippen LogP) is 2.22. The summed E-state index contributed by atoms with van der Waals surface area (Å²) in [5.41, 5.74) is 2.12. The molecule has 20 heavy (non-hydrogen) atoms. The zero-order chi connectivity index (χ0) is 14.4. The molecule has 110 valence electrons. The molecule has 0 radical (unpaired) electrons. The number of carbonyl (C=O) groups excluding carboxylic acids is 1. The maximum absolute atomic E-state index is 11.0. The number of nitrogens with one attached hydrogen (secondary N) is 2. The lowest BCUT2D eigenvalue weighted by Crippen LogP contribution is -2.42. The minimum Gasteiger partial charge on any atom is -0.326 e. The maximum Gasteiger partial charge on any atom is 0.221 e. The third kappa shape index (κ3) is 4.62. The first kappa shape index (κ1) is 15.0. The van der Waals surface area contributed by atoms with E-state index >= 15 is 0 Å². The van der Waals surface area contributed by atoms with Crippen LogP contribution in [0.1, 0.15) is 32.3 Å². The van der Waals surface area contributed by atoms with Crippen LogP contribution in [0.3, 0.4) is 0 Å². The minimum atomic E-state index is -0.0291. The van der Waals surface area contributed by atoms with Crippen LogP contribution in [-0.4, -0.2) is 36.5 Å². The van der Waals surface area contributed by atoms with Gasteiger partial charge in [0.15, 0.2) is 0 Å². The average molecular weight is 275 g/mol. The molecule has 0 saturated carbocycles. The molecule has 0 bridgehead atoms. The first-order valence-electron chi connectivity index (χ1n) is 7.49. The van der Waals surface area contributed by atoms with Crippen molar-refractivity contribution in [3.63, 3.8) is 0 Å². The van der Waals surface area contributed by atoms with Crippen molar-refractivity contribution in [1.82, 2.24) is 10.2 Å². The highest BCUT2D eigenvalue weighted by Crippen LogP contribution is 2.12. The number of carbonyl (C=O) groups is 1. The second-order valence-electron chi connectivity index (χ2n) is 5.47. The standard InChI is InChI=1S/C16H25N3O/c1-3-19-10-8-15(9-11-19)17-12-14-4-6-16(7-5-14)18-13(2)20/h4-7,15,17H,3,8-12H2,1-2H3,(H,18,20). The van der Waals surface area contributed by atoms with Gasteiger partial charge in [-0.05, 0) is 50.2 Å². The van der Waals surface area contributed by atoms with E-state index in [9.17, 15) is 4.79 Å².